The molecule has 1 aliphatic rings. The molecule has 8 heteroatoms. The van der Waals surface area contributed by atoms with Gasteiger partial charge in [-0.05, 0) is 6.42 Å². The second-order valence-corrected chi connectivity index (χ2v) is 4.40. The second-order valence-electron chi connectivity index (χ2n) is 4.40. The summed E-state index contributed by atoms with van der Waals surface area (Å²) in [5.41, 5.74) is 2.08. The zero-order valence-corrected chi connectivity index (χ0v) is 10.4. The van der Waals surface area contributed by atoms with Crippen molar-refractivity contribution in [3.63, 3.8) is 0 Å². The van der Waals surface area contributed by atoms with E-state index in [4.69, 9.17) is 5.84 Å². The monoisotopic (exact) mass is 271 g/mol. The van der Waals surface area contributed by atoms with E-state index in [-0.39, 0.29) is 23.6 Å². The number of amides is 1. The van der Waals surface area contributed by atoms with Crippen LogP contribution in [0.15, 0.2) is 6.07 Å². The van der Waals surface area contributed by atoms with Gasteiger partial charge in [-0.2, -0.15) is 0 Å². The fourth-order valence-electron chi connectivity index (χ4n) is 2.14. The van der Waals surface area contributed by atoms with E-state index in [0.717, 1.165) is 6.07 Å². The van der Waals surface area contributed by atoms with Crippen molar-refractivity contribution < 1.29 is 13.6 Å². The number of halogens is 2. The van der Waals surface area contributed by atoms with Crippen LogP contribution < -0.4 is 21.5 Å². The molecule has 1 aromatic heterocycles. The first-order valence-corrected chi connectivity index (χ1v) is 5.86. The summed E-state index contributed by atoms with van der Waals surface area (Å²) in [6.45, 7) is 2.39. The largest absolute Gasteiger partial charge is 0.352 e. The lowest BCUT2D eigenvalue weighted by Gasteiger charge is -2.19. The summed E-state index contributed by atoms with van der Waals surface area (Å²) in [6.07, 6.45) is 0.684. The van der Waals surface area contributed by atoms with Gasteiger partial charge in [0.25, 0.3) is 0 Å². The van der Waals surface area contributed by atoms with E-state index in [0.29, 0.717) is 19.5 Å². The molecule has 0 aromatic carbocycles. The third-order valence-corrected chi connectivity index (χ3v) is 2.94. The van der Waals surface area contributed by atoms with Crippen molar-refractivity contribution in [2.75, 3.05) is 23.4 Å². The van der Waals surface area contributed by atoms with Crippen molar-refractivity contribution in [1.82, 2.24) is 10.3 Å². The fourth-order valence-corrected chi connectivity index (χ4v) is 2.14. The Bertz CT molecular complexity index is 496. The SMILES string of the molecule is CC(=O)NC1CCN(c2nc(NN)c(F)cc2F)C1. The van der Waals surface area contributed by atoms with Gasteiger partial charge in [0.05, 0.1) is 0 Å². The van der Waals surface area contributed by atoms with E-state index in [9.17, 15) is 13.6 Å². The number of nitrogen functional groups attached to an aromatic ring is 1. The molecule has 1 aromatic rings. The number of pyridine rings is 1. The van der Waals surface area contributed by atoms with Crippen LogP contribution in [0.2, 0.25) is 0 Å². The number of carbonyl (C=O) groups excluding carboxylic acids is 1. The molecular weight excluding hydrogens is 256 g/mol. The molecular formula is C11H15F2N5O. The maximum atomic E-state index is 13.7. The topological polar surface area (TPSA) is 83.3 Å². The molecule has 1 saturated heterocycles. The highest BCUT2D eigenvalue weighted by molar-refractivity contribution is 5.73. The number of anilines is 2. The zero-order chi connectivity index (χ0) is 14.0. The van der Waals surface area contributed by atoms with Crippen LogP contribution in [-0.2, 0) is 4.79 Å². The van der Waals surface area contributed by atoms with E-state index in [2.05, 4.69) is 15.7 Å². The molecule has 2 heterocycles. The minimum Gasteiger partial charge on any atom is -0.352 e. The first kappa shape index (κ1) is 13.5. The molecule has 1 atom stereocenters. The van der Waals surface area contributed by atoms with E-state index in [1.807, 2.05) is 0 Å². The number of rotatable bonds is 3. The van der Waals surface area contributed by atoms with E-state index < -0.39 is 11.6 Å². The summed E-state index contributed by atoms with van der Waals surface area (Å²) in [5.74, 6) is 3.20. The summed E-state index contributed by atoms with van der Waals surface area (Å²) in [4.78, 5) is 16.4. The molecule has 1 amide bonds. The van der Waals surface area contributed by atoms with Crippen LogP contribution in [0.4, 0.5) is 20.4 Å². The summed E-state index contributed by atoms with van der Waals surface area (Å²) >= 11 is 0. The van der Waals surface area contributed by atoms with E-state index >= 15 is 0 Å². The van der Waals surface area contributed by atoms with Crippen LogP contribution >= 0.6 is 0 Å². The number of aromatic nitrogens is 1. The molecule has 0 aliphatic carbocycles. The first-order chi connectivity index (χ1) is 9.01. The molecule has 1 unspecified atom stereocenters. The van der Waals surface area contributed by atoms with Crippen molar-refractivity contribution >= 4 is 17.5 Å². The van der Waals surface area contributed by atoms with Gasteiger partial charge in [0, 0.05) is 32.1 Å². The van der Waals surface area contributed by atoms with E-state index in [1.165, 1.54) is 6.92 Å². The third-order valence-electron chi connectivity index (χ3n) is 2.94. The molecule has 0 bridgehead atoms. The van der Waals surface area contributed by atoms with Crippen LogP contribution in [-0.4, -0.2) is 30.0 Å². The zero-order valence-electron chi connectivity index (χ0n) is 10.4. The van der Waals surface area contributed by atoms with Gasteiger partial charge in [0.2, 0.25) is 5.91 Å². The van der Waals surface area contributed by atoms with Crippen LogP contribution in [0.1, 0.15) is 13.3 Å². The summed E-state index contributed by atoms with van der Waals surface area (Å²) in [6, 6.07) is 0.682. The van der Waals surface area contributed by atoms with Crippen molar-refractivity contribution in [1.29, 1.82) is 0 Å². The minimum atomic E-state index is -0.846. The first-order valence-electron chi connectivity index (χ1n) is 5.86. The molecule has 104 valence electrons. The van der Waals surface area contributed by atoms with E-state index in [1.54, 1.807) is 4.90 Å². The number of hydrogen-bond acceptors (Lipinski definition) is 5. The van der Waals surface area contributed by atoms with Gasteiger partial charge in [-0.1, -0.05) is 0 Å². The Hall–Kier alpha value is -1.96. The molecule has 4 N–H and O–H groups in total. The average molecular weight is 271 g/mol. The molecule has 0 saturated carbocycles. The molecule has 0 radical (unpaired) electrons. The summed E-state index contributed by atoms with van der Waals surface area (Å²) in [5, 5.41) is 2.76. The van der Waals surface area contributed by atoms with Crippen molar-refractivity contribution in [2.24, 2.45) is 5.84 Å². The number of nitrogens with zero attached hydrogens (tertiary/aromatic N) is 2. The summed E-state index contributed by atoms with van der Waals surface area (Å²) in [7, 11) is 0. The Labute approximate surface area is 108 Å². The van der Waals surface area contributed by atoms with Crippen molar-refractivity contribution in [3.8, 4) is 0 Å². The number of carbonyl (C=O) groups is 1. The second kappa shape index (κ2) is 5.35. The van der Waals surface area contributed by atoms with Gasteiger partial charge >= 0.3 is 0 Å². The summed E-state index contributed by atoms with van der Waals surface area (Å²) < 4.78 is 27.0. The number of hydrogen-bond donors (Lipinski definition) is 3. The number of nitrogens with two attached hydrogens (primary N) is 1. The highest BCUT2D eigenvalue weighted by Gasteiger charge is 2.27. The predicted octanol–water partition coefficient (Wildman–Crippen LogP) is 0.360. The van der Waals surface area contributed by atoms with Crippen LogP contribution in [0.5, 0.6) is 0 Å². The van der Waals surface area contributed by atoms with Gasteiger partial charge in [0.15, 0.2) is 23.3 Å². The Morgan fingerprint density at radius 1 is 1.53 bits per heavy atom. The predicted molar refractivity (Wildman–Crippen MR) is 66.4 cm³/mol. The minimum absolute atomic E-state index is 0.0298. The highest BCUT2D eigenvalue weighted by Crippen LogP contribution is 2.25. The van der Waals surface area contributed by atoms with Gasteiger partial charge in [-0.3, -0.25) is 4.79 Å². The van der Waals surface area contributed by atoms with Crippen molar-refractivity contribution in [2.45, 2.75) is 19.4 Å². The van der Waals surface area contributed by atoms with Gasteiger partial charge in [0.1, 0.15) is 0 Å². The van der Waals surface area contributed by atoms with Gasteiger partial charge in [-0.25, -0.2) is 19.6 Å². The average Bonchev–Trinajstić information content (AvgIpc) is 2.76. The number of hydrazine groups is 1. The Morgan fingerprint density at radius 3 is 2.89 bits per heavy atom. The highest BCUT2D eigenvalue weighted by atomic mass is 19.1. The molecule has 1 fully saturated rings. The molecule has 19 heavy (non-hydrogen) atoms. The Morgan fingerprint density at radius 2 is 2.26 bits per heavy atom. The van der Waals surface area contributed by atoms with Crippen LogP contribution in [0.25, 0.3) is 0 Å². The van der Waals surface area contributed by atoms with Crippen molar-refractivity contribution in [3.05, 3.63) is 17.7 Å². The molecule has 6 nitrogen and oxygen atoms in total. The smallest absolute Gasteiger partial charge is 0.217 e. The van der Waals surface area contributed by atoms with Gasteiger partial charge in [-0.15, -0.1) is 0 Å². The maximum absolute atomic E-state index is 13.7. The quantitative estimate of drug-likeness (QED) is 0.546. The molecule has 1 aliphatic heterocycles. The Kier molecular flexibility index (Phi) is 3.79. The fraction of sp³-hybridized carbons (Fsp3) is 0.455. The van der Waals surface area contributed by atoms with Crippen LogP contribution in [0, 0.1) is 11.6 Å². The molecule has 2 rings (SSSR count). The van der Waals surface area contributed by atoms with Gasteiger partial charge < -0.3 is 15.6 Å². The molecule has 0 spiro atoms. The third kappa shape index (κ3) is 2.90. The Balaban J connectivity index is 2.17. The maximum Gasteiger partial charge on any atom is 0.217 e. The normalized spacial score (nSPS) is 18.5. The van der Waals surface area contributed by atoms with Crippen LogP contribution in [0.3, 0.4) is 0 Å². The standard InChI is InChI=1S/C11H15F2N5O/c1-6(19)15-7-2-3-18(5-7)11-9(13)4-8(12)10(16-11)17-14/h4,7H,2-3,5,14H2,1H3,(H,15,19)(H,16,17). The lowest BCUT2D eigenvalue weighted by Crippen LogP contribution is -2.36. The lowest BCUT2D eigenvalue weighted by molar-refractivity contribution is -0.119. The number of nitrogens with one attached hydrogen (secondary N) is 2. The lowest BCUT2D eigenvalue weighted by atomic mass is 10.2.